The van der Waals surface area contributed by atoms with Crippen LogP contribution in [0.2, 0.25) is 0 Å². The Morgan fingerprint density at radius 3 is 1.29 bits per heavy atom. The fraction of sp³-hybridized carbons (Fsp3) is 0.207. The molecule has 0 bridgehead atoms. The van der Waals surface area contributed by atoms with Crippen molar-refractivity contribution in [2.24, 2.45) is 9.98 Å². The van der Waals surface area contributed by atoms with Crippen molar-refractivity contribution < 1.29 is 27.7 Å². The van der Waals surface area contributed by atoms with Crippen molar-refractivity contribution in [3.05, 3.63) is 215 Å². The van der Waals surface area contributed by atoms with E-state index < -0.39 is 11.9 Å². The van der Waals surface area contributed by atoms with Gasteiger partial charge in [0.05, 0.1) is 62.1 Å². The van der Waals surface area contributed by atoms with Gasteiger partial charge in [-0.25, -0.2) is 19.9 Å². The van der Waals surface area contributed by atoms with Crippen LogP contribution in [0.25, 0.3) is 22.3 Å². The van der Waals surface area contributed by atoms with Crippen molar-refractivity contribution in [3.8, 4) is 33.8 Å². The summed E-state index contributed by atoms with van der Waals surface area (Å²) in [4.78, 5) is 31.0. The van der Waals surface area contributed by atoms with E-state index in [0.717, 1.165) is 93.7 Å². The predicted octanol–water partition coefficient (Wildman–Crippen LogP) is 10.1. The van der Waals surface area contributed by atoms with Crippen molar-refractivity contribution in [2.45, 2.75) is 26.3 Å². The smallest absolute Gasteiger partial charge is 0.224 e. The molecule has 360 valence electrons. The van der Waals surface area contributed by atoms with Crippen LogP contribution in [0.5, 0.6) is 11.5 Å². The largest absolute Gasteiger partial charge is 0.488 e. The number of hydrogen-bond donors (Lipinski definition) is 0. The van der Waals surface area contributed by atoms with Crippen LogP contribution in [-0.2, 0) is 35.8 Å². The number of halogens is 2. The fourth-order valence-electron chi connectivity index (χ4n) is 9.31. The third kappa shape index (κ3) is 10.2. The van der Waals surface area contributed by atoms with Crippen molar-refractivity contribution in [3.63, 3.8) is 0 Å². The highest BCUT2D eigenvalue weighted by Crippen LogP contribution is 2.38. The molecule has 8 aromatic rings. The zero-order chi connectivity index (χ0) is 48.6. The maximum atomic E-state index is 15.0. The van der Waals surface area contributed by atoms with E-state index in [1.807, 2.05) is 122 Å². The topological polar surface area (TPSA) is 120 Å². The number of rotatable bonds is 12. The Morgan fingerprint density at radius 2 is 0.861 bits per heavy atom. The summed E-state index contributed by atoms with van der Waals surface area (Å²) in [5, 5.41) is 0. The first-order valence-electron chi connectivity index (χ1n) is 24.1. The van der Waals surface area contributed by atoms with Crippen LogP contribution in [0.4, 0.5) is 20.4 Å². The van der Waals surface area contributed by atoms with Gasteiger partial charge in [0.1, 0.15) is 36.3 Å². The molecule has 0 radical (unpaired) electrons. The molecule has 12 nitrogen and oxygen atoms in total. The molecular formula is C58H50F2N8O4. The molecule has 8 heterocycles. The Kier molecular flexibility index (Phi) is 13.7. The molecule has 4 aromatic heterocycles. The van der Waals surface area contributed by atoms with Crippen LogP contribution in [0.1, 0.15) is 44.5 Å². The molecular weight excluding hydrogens is 911 g/mol. The molecule has 4 aromatic carbocycles. The number of nitrogens with zero attached hydrogens (tertiary/aromatic N) is 8. The van der Waals surface area contributed by atoms with Crippen molar-refractivity contribution in [2.75, 3.05) is 62.4 Å². The van der Waals surface area contributed by atoms with Gasteiger partial charge in [-0.2, -0.15) is 8.78 Å². The minimum absolute atomic E-state index is 0.344. The maximum Gasteiger partial charge on any atom is 0.224 e. The van der Waals surface area contributed by atoms with Crippen molar-refractivity contribution in [1.29, 1.82) is 0 Å². The van der Waals surface area contributed by atoms with Gasteiger partial charge >= 0.3 is 0 Å². The van der Waals surface area contributed by atoms with E-state index in [4.69, 9.17) is 28.9 Å². The summed E-state index contributed by atoms with van der Waals surface area (Å²) >= 11 is 0. The highest BCUT2D eigenvalue weighted by molar-refractivity contribution is 6.16. The third-order valence-electron chi connectivity index (χ3n) is 13.0. The molecule has 4 aliphatic heterocycles. The highest BCUT2D eigenvalue weighted by atomic mass is 19.1. The van der Waals surface area contributed by atoms with Gasteiger partial charge in [0.25, 0.3) is 0 Å². The van der Waals surface area contributed by atoms with Crippen molar-refractivity contribution in [1.82, 2.24) is 19.9 Å². The first-order valence-corrected chi connectivity index (χ1v) is 24.1. The van der Waals surface area contributed by atoms with Gasteiger partial charge in [-0.05, 0) is 81.9 Å². The van der Waals surface area contributed by atoms with E-state index >= 15 is 8.78 Å². The lowest BCUT2D eigenvalue weighted by molar-refractivity contribution is 0.122. The van der Waals surface area contributed by atoms with Crippen LogP contribution in [-0.4, -0.2) is 84.0 Å². The highest BCUT2D eigenvalue weighted by Gasteiger charge is 2.25. The fourth-order valence-corrected chi connectivity index (χ4v) is 9.31. The van der Waals surface area contributed by atoms with Crippen molar-refractivity contribution >= 4 is 23.1 Å². The third-order valence-corrected chi connectivity index (χ3v) is 13.0. The summed E-state index contributed by atoms with van der Waals surface area (Å²) in [7, 11) is 0. The first kappa shape index (κ1) is 46.2. The molecule has 12 rings (SSSR count). The quantitative estimate of drug-likeness (QED) is 0.110. The number of ether oxygens (including phenoxy) is 4. The van der Waals surface area contributed by atoms with Gasteiger partial charge in [0.2, 0.25) is 11.9 Å². The van der Waals surface area contributed by atoms with Gasteiger partial charge < -0.3 is 28.7 Å². The Bertz CT molecular complexity index is 3050. The number of pyridine rings is 4. The van der Waals surface area contributed by atoms with Crippen LogP contribution in [0.15, 0.2) is 168 Å². The zero-order valence-electron chi connectivity index (χ0n) is 39.5. The molecule has 0 aliphatic carbocycles. The van der Waals surface area contributed by atoms with Gasteiger partial charge in [-0.1, -0.05) is 84.9 Å². The Morgan fingerprint density at radius 1 is 0.444 bits per heavy atom. The minimum Gasteiger partial charge on any atom is -0.488 e. The van der Waals surface area contributed by atoms with E-state index in [2.05, 4.69) is 41.9 Å². The number of benzene rings is 4. The Labute approximate surface area is 416 Å². The second-order valence-electron chi connectivity index (χ2n) is 17.6. The van der Waals surface area contributed by atoms with Gasteiger partial charge in [-0.15, -0.1) is 0 Å². The van der Waals surface area contributed by atoms with Crippen LogP contribution in [0, 0.1) is 11.9 Å². The molecule has 0 saturated carbocycles. The van der Waals surface area contributed by atoms with Gasteiger partial charge in [-0.3, -0.25) is 9.98 Å². The molecule has 0 unspecified atom stereocenters. The summed E-state index contributed by atoms with van der Waals surface area (Å²) in [5.41, 5.74) is 12.1. The van der Waals surface area contributed by atoms with Gasteiger partial charge in [0.15, 0.2) is 0 Å². The summed E-state index contributed by atoms with van der Waals surface area (Å²) in [5.74, 6) is 1.63. The summed E-state index contributed by atoms with van der Waals surface area (Å²) in [6.07, 6.45) is 6.51. The number of anilines is 2. The second kappa shape index (κ2) is 21.4. The molecule has 0 amide bonds. The number of hydrogen-bond acceptors (Lipinski definition) is 12. The average molecular weight is 961 g/mol. The van der Waals surface area contributed by atoms with E-state index in [9.17, 15) is 0 Å². The van der Waals surface area contributed by atoms with Gasteiger partial charge in [0, 0.05) is 73.2 Å². The molecule has 0 N–H and O–H groups in total. The molecule has 14 heteroatoms. The molecule has 0 spiro atoms. The first-order chi connectivity index (χ1) is 35.5. The summed E-state index contributed by atoms with van der Waals surface area (Å²) in [6, 6.07) is 43.0. The lowest BCUT2D eigenvalue weighted by Gasteiger charge is -2.28. The number of aromatic nitrogens is 4. The van der Waals surface area contributed by atoms with E-state index in [1.165, 1.54) is 12.4 Å². The zero-order valence-corrected chi connectivity index (χ0v) is 39.5. The van der Waals surface area contributed by atoms with Crippen LogP contribution < -0.4 is 19.3 Å². The molecule has 0 atom stereocenters. The van der Waals surface area contributed by atoms with E-state index in [-0.39, 0.29) is 0 Å². The predicted molar refractivity (Wildman–Crippen MR) is 274 cm³/mol. The number of morpholine rings is 2. The Balaban J connectivity index is 0.000000156. The van der Waals surface area contributed by atoms with E-state index in [0.29, 0.717) is 86.5 Å². The number of aliphatic imine (C=N–C) groups is 2. The Hall–Kier alpha value is -8.20. The molecule has 4 aliphatic rings. The average Bonchev–Trinajstić information content (AvgIpc) is 4.08. The van der Waals surface area contributed by atoms with Crippen LogP contribution in [0.3, 0.4) is 0 Å². The summed E-state index contributed by atoms with van der Waals surface area (Å²) < 4.78 is 53.1. The number of fused-ring (bicyclic) bond motifs is 2. The SMILES string of the molecule is Fc1nccc(OCc2ccccc2)c1-c1ccc2c(c1)C(c1ccnc(N3CCOCC3)c1)=NC2.Fc1nccc(OCc2ccccc2)c1-c1ccc2c(c1)C(c1ccnc(N3CCOCC3)c1)=NC2. The monoisotopic (exact) mass is 960 g/mol. The normalized spacial score (nSPS) is 14.9. The molecule has 2 fully saturated rings. The molecule has 2 saturated heterocycles. The second-order valence-corrected chi connectivity index (χ2v) is 17.6. The lowest BCUT2D eigenvalue weighted by atomic mass is 9.95. The molecule has 72 heavy (non-hydrogen) atoms. The van der Waals surface area contributed by atoms with Crippen LogP contribution >= 0.6 is 0 Å². The standard InChI is InChI=1S/2C29H25FN4O2/c2*30-29-27(25(9-11-32-29)36-19-20-4-2-1-3-5-20)21-6-7-23-18-33-28(24(23)16-21)22-8-10-31-26(17-22)34-12-14-35-15-13-34/h2*1-11,16-17H,12-15,18-19H2. The van der Waals surface area contributed by atoms with E-state index in [1.54, 1.807) is 12.1 Å². The summed E-state index contributed by atoms with van der Waals surface area (Å²) in [6.45, 7) is 7.92. The lowest BCUT2D eigenvalue weighted by Crippen LogP contribution is -2.36. The minimum atomic E-state index is -0.560. The maximum absolute atomic E-state index is 15.0.